The van der Waals surface area contributed by atoms with E-state index in [0.717, 1.165) is 12.8 Å². The first-order valence-electron chi connectivity index (χ1n) is 14.5. The molecule has 45 heavy (non-hydrogen) atoms. The van der Waals surface area contributed by atoms with E-state index in [1.165, 1.54) is 31.3 Å². The summed E-state index contributed by atoms with van der Waals surface area (Å²) < 4.78 is 29.6. The zero-order chi connectivity index (χ0) is 32.1. The van der Waals surface area contributed by atoms with Gasteiger partial charge in [-0.3, -0.25) is 14.4 Å². The van der Waals surface area contributed by atoms with Crippen LogP contribution in [0.2, 0.25) is 0 Å². The van der Waals surface area contributed by atoms with E-state index in [1.807, 2.05) is 22.6 Å². The van der Waals surface area contributed by atoms with Crippen LogP contribution >= 0.6 is 22.6 Å². The lowest BCUT2D eigenvalue weighted by molar-refractivity contribution is -0.118. The second-order valence-corrected chi connectivity index (χ2v) is 11.9. The summed E-state index contributed by atoms with van der Waals surface area (Å²) in [4.78, 5) is 40.4. The number of methoxy groups -OCH3 is 2. The first-order valence-corrected chi connectivity index (χ1v) is 15.6. The highest BCUT2D eigenvalue weighted by molar-refractivity contribution is 14.1. The molecule has 240 valence electrons. The van der Waals surface area contributed by atoms with E-state index in [4.69, 9.17) is 23.4 Å². The van der Waals surface area contributed by atoms with Gasteiger partial charge in [0.2, 0.25) is 5.91 Å². The fraction of sp³-hybridized carbons (Fsp3) is 0.406. The van der Waals surface area contributed by atoms with Crippen molar-refractivity contribution in [2.75, 3.05) is 40.5 Å². The van der Waals surface area contributed by atoms with Gasteiger partial charge in [-0.15, -0.1) is 0 Å². The summed E-state index contributed by atoms with van der Waals surface area (Å²) in [6.45, 7) is 0.453. The number of furan rings is 1. The molecule has 1 aromatic heterocycles. The number of rotatable bonds is 12. The molecule has 12 nitrogen and oxygen atoms in total. The normalized spacial score (nSPS) is 21.2. The number of halogens is 1. The van der Waals surface area contributed by atoms with Crippen molar-refractivity contribution < 1.29 is 48.0 Å². The maximum atomic E-state index is 14.3. The minimum absolute atomic E-state index is 0.00138. The number of amides is 2. The molecule has 0 saturated carbocycles. The Balaban J connectivity index is 1.55. The Morgan fingerprint density at radius 3 is 2.67 bits per heavy atom. The largest absolute Gasteiger partial charge is 0.493 e. The molecular weight excluding hydrogens is 699 g/mol. The molecule has 2 aliphatic rings. The number of nitrogens with one attached hydrogen (secondary N) is 1. The fourth-order valence-electron chi connectivity index (χ4n) is 5.66. The molecule has 1 aliphatic heterocycles. The topological polar surface area (TPSA) is 157 Å². The predicted molar refractivity (Wildman–Crippen MR) is 171 cm³/mol. The number of ether oxygens (including phenoxy) is 4. The van der Waals surface area contributed by atoms with Crippen molar-refractivity contribution in [1.82, 2.24) is 10.2 Å². The quantitative estimate of drug-likeness (QED) is 0.187. The number of hydrogen-bond acceptors (Lipinski definition) is 10. The van der Waals surface area contributed by atoms with Gasteiger partial charge in [-0.2, -0.15) is 0 Å². The summed E-state index contributed by atoms with van der Waals surface area (Å²) in [5.41, 5.74) is 1.05. The fourth-order valence-corrected chi connectivity index (χ4v) is 6.41. The van der Waals surface area contributed by atoms with Crippen molar-refractivity contribution >= 4 is 51.7 Å². The van der Waals surface area contributed by atoms with Crippen LogP contribution in [0.1, 0.15) is 40.2 Å². The lowest BCUT2D eigenvalue weighted by Crippen LogP contribution is -2.56. The van der Waals surface area contributed by atoms with Crippen molar-refractivity contribution in [1.29, 1.82) is 0 Å². The molecule has 2 heterocycles. The third kappa shape index (κ3) is 7.11. The second-order valence-electron chi connectivity index (χ2n) is 10.7. The van der Waals surface area contributed by atoms with Crippen molar-refractivity contribution in [2.24, 2.45) is 0 Å². The molecule has 2 amide bonds. The second kappa shape index (κ2) is 14.6. The van der Waals surface area contributed by atoms with Gasteiger partial charge in [0.15, 0.2) is 28.6 Å². The number of carbonyl (C=O) groups excluding carboxylic acids is 3. The number of fused-ring (bicyclic) bond motifs is 1. The van der Waals surface area contributed by atoms with Crippen LogP contribution in [0.5, 0.6) is 17.2 Å². The summed E-state index contributed by atoms with van der Waals surface area (Å²) in [5.74, 6) is 0.0798. The van der Waals surface area contributed by atoms with E-state index >= 15 is 0 Å². The molecule has 1 saturated heterocycles. The summed E-state index contributed by atoms with van der Waals surface area (Å²) in [5, 5.41) is 24.5. The number of nitrogens with zero attached hydrogens (tertiary/aromatic N) is 1. The van der Waals surface area contributed by atoms with E-state index in [9.17, 15) is 24.6 Å². The molecule has 3 N–H and O–H groups in total. The van der Waals surface area contributed by atoms with Gasteiger partial charge in [0.05, 0.1) is 36.5 Å². The molecule has 1 aliphatic carbocycles. The summed E-state index contributed by atoms with van der Waals surface area (Å²) in [6, 6.07) is 9.15. The Morgan fingerprint density at radius 1 is 1.18 bits per heavy atom. The molecule has 13 heteroatoms. The lowest BCUT2D eigenvalue weighted by Gasteiger charge is -2.41. The third-order valence-electron chi connectivity index (χ3n) is 7.88. The van der Waals surface area contributed by atoms with Crippen LogP contribution in [0.15, 0.2) is 52.5 Å². The van der Waals surface area contributed by atoms with E-state index in [-0.39, 0.29) is 55.1 Å². The van der Waals surface area contributed by atoms with Crippen LogP contribution in [-0.4, -0.2) is 98.1 Å². The Morgan fingerprint density at radius 2 is 1.98 bits per heavy atom. The van der Waals surface area contributed by atoms with Gasteiger partial charge in [0.1, 0.15) is 18.5 Å². The molecule has 0 radical (unpaired) electrons. The van der Waals surface area contributed by atoms with Crippen LogP contribution in [-0.2, 0) is 9.53 Å². The summed E-state index contributed by atoms with van der Waals surface area (Å²) in [7, 11) is 2.94. The maximum Gasteiger partial charge on any atom is 0.290 e. The van der Waals surface area contributed by atoms with Gasteiger partial charge < -0.3 is 43.8 Å². The number of aliphatic hydroxyl groups is 2. The smallest absolute Gasteiger partial charge is 0.290 e. The van der Waals surface area contributed by atoms with Crippen LogP contribution in [0, 0.1) is 3.57 Å². The number of hydrogen-bond donors (Lipinski definition) is 3. The number of aliphatic hydroxyl groups excluding tert-OH is 2. The molecule has 2 aromatic carbocycles. The Hall–Kier alpha value is -3.66. The first-order chi connectivity index (χ1) is 21.8. The molecule has 0 bridgehead atoms. The number of carbonyl (C=O) groups is 3. The zero-order valence-electron chi connectivity index (χ0n) is 24.9. The highest BCUT2D eigenvalue weighted by Crippen LogP contribution is 2.38. The van der Waals surface area contributed by atoms with Gasteiger partial charge in [-0.25, -0.2) is 0 Å². The predicted octanol–water partition coefficient (Wildman–Crippen LogP) is 3.10. The molecular formula is C32H35IN2O10. The van der Waals surface area contributed by atoms with Crippen molar-refractivity contribution in [3.63, 3.8) is 0 Å². The average Bonchev–Trinajstić information content (AvgIpc) is 3.74. The standard InChI is InChI=1S/C32H35IN2O10/c1-41-24-7-3-5-19-14-27(45-29(19)24)32(40)35(16-21-6-4-10-43-21)23-13-20(31(39)34-8-9-36)15-25(28(23)38)44-30-22(33)11-18(17-37)12-26(30)42-2/h3,5,7,11-12,14-15,17,21,23,25,28,36,38H,4,6,8-10,13,16H2,1-2H3,(H,34,39). The Labute approximate surface area is 273 Å². The Kier molecular flexibility index (Phi) is 10.6. The molecule has 0 spiro atoms. The highest BCUT2D eigenvalue weighted by Gasteiger charge is 2.43. The van der Waals surface area contributed by atoms with Crippen molar-refractivity contribution in [3.8, 4) is 17.2 Å². The molecule has 3 aromatic rings. The lowest BCUT2D eigenvalue weighted by atomic mass is 9.87. The maximum absolute atomic E-state index is 14.3. The van der Waals surface area contributed by atoms with Gasteiger partial charge in [-0.05, 0) is 65.8 Å². The van der Waals surface area contributed by atoms with Gasteiger partial charge in [-0.1, -0.05) is 12.1 Å². The van der Waals surface area contributed by atoms with E-state index in [2.05, 4.69) is 5.32 Å². The van der Waals surface area contributed by atoms with Crippen molar-refractivity contribution in [2.45, 2.75) is 43.6 Å². The zero-order valence-corrected chi connectivity index (χ0v) is 27.0. The average molecular weight is 735 g/mol. The van der Waals surface area contributed by atoms with E-state index in [0.29, 0.717) is 38.7 Å². The third-order valence-corrected chi connectivity index (χ3v) is 8.68. The van der Waals surface area contributed by atoms with Crippen molar-refractivity contribution in [3.05, 3.63) is 62.9 Å². The monoisotopic (exact) mass is 734 g/mol. The van der Waals surface area contributed by atoms with Gasteiger partial charge in [0.25, 0.3) is 5.91 Å². The number of benzene rings is 2. The van der Waals surface area contributed by atoms with E-state index in [1.54, 1.807) is 30.3 Å². The van der Waals surface area contributed by atoms with Crippen LogP contribution in [0.4, 0.5) is 0 Å². The minimum atomic E-state index is -1.30. The van der Waals surface area contributed by atoms with E-state index < -0.39 is 30.1 Å². The SMILES string of the molecule is COc1cc(C=O)cc(I)c1OC1C=C(C(=O)NCCO)CC(N(CC2CCCO2)C(=O)c2cc3cccc(OC)c3o2)C1O. The number of para-hydroxylation sites is 1. The number of aldehydes is 1. The molecule has 5 rings (SSSR count). The van der Waals surface area contributed by atoms with Crippen LogP contribution < -0.4 is 19.5 Å². The Bertz CT molecular complexity index is 1580. The first kappa shape index (κ1) is 32.7. The van der Waals surface area contributed by atoms with Crippen LogP contribution in [0.3, 0.4) is 0 Å². The highest BCUT2D eigenvalue weighted by atomic mass is 127. The summed E-state index contributed by atoms with van der Waals surface area (Å²) >= 11 is 2.00. The van der Waals surface area contributed by atoms with Gasteiger partial charge >= 0.3 is 0 Å². The summed E-state index contributed by atoms with van der Waals surface area (Å²) in [6.07, 6.45) is 1.07. The molecule has 1 fully saturated rings. The minimum Gasteiger partial charge on any atom is -0.493 e. The van der Waals surface area contributed by atoms with Crippen LogP contribution in [0.25, 0.3) is 11.0 Å². The van der Waals surface area contributed by atoms with Gasteiger partial charge in [0, 0.05) is 42.6 Å². The molecule has 4 unspecified atom stereocenters. The molecule has 4 atom stereocenters.